The molecular weight excluding hydrogens is 236 g/mol. The SMILES string of the molecule is CNC(Cc1ccncc1Cl)C1OCCC1C. The number of pyridine rings is 1. The van der Waals surface area contributed by atoms with Crippen molar-refractivity contribution >= 4 is 11.6 Å². The van der Waals surface area contributed by atoms with Crippen molar-refractivity contribution in [2.24, 2.45) is 5.92 Å². The standard InChI is InChI=1S/C13H19ClN2O/c1-9-4-6-17-13(9)12(15-2)7-10-3-5-16-8-11(10)14/h3,5,8-9,12-13,15H,4,6-7H2,1-2H3. The molecule has 94 valence electrons. The van der Waals surface area contributed by atoms with Crippen molar-refractivity contribution in [1.29, 1.82) is 0 Å². The van der Waals surface area contributed by atoms with Gasteiger partial charge < -0.3 is 10.1 Å². The van der Waals surface area contributed by atoms with E-state index >= 15 is 0 Å². The number of hydrogen-bond donors (Lipinski definition) is 1. The zero-order chi connectivity index (χ0) is 12.3. The lowest BCUT2D eigenvalue weighted by atomic mass is 9.93. The van der Waals surface area contributed by atoms with E-state index in [-0.39, 0.29) is 6.10 Å². The summed E-state index contributed by atoms with van der Waals surface area (Å²) in [5.41, 5.74) is 1.13. The maximum absolute atomic E-state index is 6.14. The third-order valence-corrected chi connectivity index (χ3v) is 3.85. The number of hydrogen-bond acceptors (Lipinski definition) is 3. The topological polar surface area (TPSA) is 34.2 Å². The molecule has 1 aliphatic heterocycles. The van der Waals surface area contributed by atoms with Crippen molar-refractivity contribution in [3.8, 4) is 0 Å². The van der Waals surface area contributed by atoms with Gasteiger partial charge in [0, 0.05) is 25.0 Å². The molecule has 0 spiro atoms. The van der Waals surface area contributed by atoms with Gasteiger partial charge in [-0.2, -0.15) is 0 Å². The fourth-order valence-corrected chi connectivity index (χ4v) is 2.62. The highest BCUT2D eigenvalue weighted by Gasteiger charge is 2.31. The molecule has 3 atom stereocenters. The van der Waals surface area contributed by atoms with E-state index in [9.17, 15) is 0 Å². The monoisotopic (exact) mass is 254 g/mol. The van der Waals surface area contributed by atoms with Crippen LogP contribution in [0, 0.1) is 5.92 Å². The molecule has 0 saturated carbocycles. The molecule has 2 rings (SSSR count). The first-order valence-electron chi connectivity index (χ1n) is 6.09. The smallest absolute Gasteiger partial charge is 0.0757 e. The largest absolute Gasteiger partial charge is 0.376 e. The third-order valence-electron chi connectivity index (χ3n) is 3.51. The maximum Gasteiger partial charge on any atom is 0.0757 e. The van der Waals surface area contributed by atoms with Crippen molar-refractivity contribution in [3.63, 3.8) is 0 Å². The predicted octanol–water partition coefficient (Wildman–Crippen LogP) is 2.29. The van der Waals surface area contributed by atoms with E-state index in [1.54, 1.807) is 12.4 Å². The van der Waals surface area contributed by atoms with Gasteiger partial charge in [0.1, 0.15) is 0 Å². The highest BCUT2D eigenvalue weighted by atomic mass is 35.5. The molecule has 1 aromatic rings. The molecule has 0 radical (unpaired) electrons. The van der Waals surface area contributed by atoms with Gasteiger partial charge in [0.15, 0.2) is 0 Å². The summed E-state index contributed by atoms with van der Waals surface area (Å²) >= 11 is 6.14. The molecule has 0 bridgehead atoms. The van der Waals surface area contributed by atoms with Crippen LogP contribution in [0.25, 0.3) is 0 Å². The summed E-state index contributed by atoms with van der Waals surface area (Å²) in [5, 5.41) is 4.08. The van der Waals surface area contributed by atoms with E-state index < -0.39 is 0 Å². The number of rotatable bonds is 4. The Kier molecular flexibility index (Phi) is 4.37. The Labute approximate surface area is 108 Å². The van der Waals surface area contributed by atoms with Gasteiger partial charge in [-0.15, -0.1) is 0 Å². The van der Waals surface area contributed by atoms with Crippen LogP contribution in [-0.4, -0.2) is 30.8 Å². The summed E-state index contributed by atoms with van der Waals surface area (Å²) in [7, 11) is 1.98. The minimum Gasteiger partial charge on any atom is -0.376 e. The van der Waals surface area contributed by atoms with Gasteiger partial charge in [0.2, 0.25) is 0 Å². The molecule has 0 aliphatic carbocycles. The fourth-order valence-electron chi connectivity index (χ4n) is 2.42. The summed E-state index contributed by atoms with van der Waals surface area (Å²) in [6, 6.07) is 2.29. The number of halogens is 1. The van der Waals surface area contributed by atoms with Crippen molar-refractivity contribution in [2.45, 2.75) is 31.9 Å². The lowest BCUT2D eigenvalue weighted by Crippen LogP contribution is -2.42. The van der Waals surface area contributed by atoms with Crippen molar-refractivity contribution < 1.29 is 4.74 Å². The quantitative estimate of drug-likeness (QED) is 0.895. The molecule has 17 heavy (non-hydrogen) atoms. The van der Waals surface area contributed by atoms with Gasteiger partial charge in [-0.25, -0.2) is 0 Å². The van der Waals surface area contributed by atoms with Gasteiger partial charge in [0.05, 0.1) is 11.1 Å². The van der Waals surface area contributed by atoms with E-state index in [1.165, 1.54) is 0 Å². The van der Waals surface area contributed by atoms with E-state index in [4.69, 9.17) is 16.3 Å². The van der Waals surface area contributed by atoms with Crippen LogP contribution in [-0.2, 0) is 11.2 Å². The van der Waals surface area contributed by atoms with Crippen LogP contribution in [0.15, 0.2) is 18.5 Å². The number of nitrogens with one attached hydrogen (secondary N) is 1. The Morgan fingerprint density at radius 1 is 1.65 bits per heavy atom. The molecule has 0 aromatic carbocycles. The van der Waals surface area contributed by atoms with Crippen LogP contribution in [0.4, 0.5) is 0 Å². The van der Waals surface area contributed by atoms with Gasteiger partial charge >= 0.3 is 0 Å². The molecule has 1 aromatic heterocycles. The molecule has 1 N–H and O–H groups in total. The Morgan fingerprint density at radius 2 is 2.47 bits per heavy atom. The van der Waals surface area contributed by atoms with Crippen LogP contribution in [0.2, 0.25) is 5.02 Å². The highest BCUT2D eigenvalue weighted by molar-refractivity contribution is 6.31. The molecule has 1 saturated heterocycles. The molecule has 3 unspecified atom stereocenters. The van der Waals surface area contributed by atoms with Crippen LogP contribution in [0.3, 0.4) is 0 Å². The van der Waals surface area contributed by atoms with E-state index in [1.807, 2.05) is 13.1 Å². The summed E-state index contributed by atoms with van der Waals surface area (Å²) in [5.74, 6) is 0.605. The molecule has 2 heterocycles. The van der Waals surface area contributed by atoms with Crippen molar-refractivity contribution in [2.75, 3.05) is 13.7 Å². The second-order valence-corrected chi connectivity index (χ2v) is 5.07. The van der Waals surface area contributed by atoms with Crippen molar-refractivity contribution in [3.05, 3.63) is 29.0 Å². The molecular formula is C13H19ClN2O. The fraction of sp³-hybridized carbons (Fsp3) is 0.615. The Bertz CT molecular complexity index is 372. The zero-order valence-electron chi connectivity index (χ0n) is 10.3. The normalized spacial score (nSPS) is 26.1. The van der Waals surface area contributed by atoms with Gasteiger partial charge in [-0.1, -0.05) is 18.5 Å². The van der Waals surface area contributed by atoms with Gasteiger partial charge in [-0.05, 0) is 37.4 Å². The minimum atomic E-state index is 0.282. The van der Waals surface area contributed by atoms with Crippen molar-refractivity contribution in [1.82, 2.24) is 10.3 Å². The Balaban J connectivity index is 2.07. The summed E-state index contributed by atoms with van der Waals surface area (Å²) in [4.78, 5) is 4.01. The predicted molar refractivity (Wildman–Crippen MR) is 69.3 cm³/mol. The number of aromatic nitrogens is 1. The number of ether oxygens (including phenoxy) is 1. The molecule has 0 amide bonds. The van der Waals surface area contributed by atoms with Crippen LogP contribution in [0.1, 0.15) is 18.9 Å². The number of nitrogens with zero attached hydrogens (tertiary/aromatic N) is 1. The third kappa shape index (κ3) is 2.97. The van der Waals surface area contributed by atoms with Gasteiger partial charge in [0.25, 0.3) is 0 Å². The van der Waals surface area contributed by atoms with Crippen LogP contribution >= 0.6 is 11.6 Å². The summed E-state index contributed by atoms with van der Waals surface area (Å²) in [6.45, 7) is 3.12. The first-order chi connectivity index (χ1) is 8.22. The second-order valence-electron chi connectivity index (χ2n) is 4.67. The second kappa shape index (κ2) is 5.80. The average molecular weight is 255 g/mol. The van der Waals surface area contributed by atoms with Crippen LogP contribution in [0.5, 0.6) is 0 Å². The summed E-state index contributed by atoms with van der Waals surface area (Å²) in [6.07, 6.45) is 5.79. The molecule has 1 fully saturated rings. The van der Waals surface area contributed by atoms with Gasteiger partial charge in [-0.3, -0.25) is 4.98 Å². The first kappa shape index (κ1) is 12.8. The molecule has 1 aliphatic rings. The molecule has 4 heteroatoms. The summed E-state index contributed by atoms with van der Waals surface area (Å²) < 4.78 is 5.81. The van der Waals surface area contributed by atoms with E-state index in [0.717, 1.165) is 30.0 Å². The maximum atomic E-state index is 6.14. The Morgan fingerprint density at radius 3 is 3.06 bits per heavy atom. The Hall–Kier alpha value is -0.640. The average Bonchev–Trinajstić information content (AvgIpc) is 2.75. The van der Waals surface area contributed by atoms with E-state index in [0.29, 0.717) is 12.0 Å². The molecule has 3 nitrogen and oxygen atoms in total. The minimum absolute atomic E-state index is 0.282. The van der Waals surface area contributed by atoms with Crippen LogP contribution < -0.4 is 5.32 Å². The lowest BCUT2D eigenvalue weighted by Gasteiger charge is -2.26. The highest BCUT2D eigenvalue weighted by Crippen LogP contribution is 2.26. The zero-order valence-corrected chi connectivity index (χ0v) is 11.1. The number of likely N-dealkylation sites (N-methyl/N-ethyl adjacent to an activating group) is 1. The first-order valence-corrected chi connectivity index (χ1v) is 6.47. The van der Waals surface area contributed by atoms with E-state index in [2.05, 4.69) is 17.2 Å². The lowest BCUT2D eigenvalue weighted by molar-refractivity contribution is 0.0634.